The van der Waals surface area contributed by atoms with Gasteiger partial charge in [0.15, 0.2) is 0 Å². The maximum Gasteiger partial charge on any atom is 0.0838 e. The van der Waals surface area contributed by atoms with Gasteiger partial charge >= 0.3 is 0 Å². The minimum absolute atomic E-state index is 0.0721. The summed E-state index contributed by atoms with van der Waals surface area (Å²) in [7, 11) is 0. The maximum absolute atomic E-state index is 6.59. The molecule has 1 atom stereocenters. The minimum atomic E-state index is 0.0721. The largest absolute Gasteiger partial charge is 0.379 e. The molecule has 3 aliphatic rings. The number of rotatable bonds is 5. The van der Waals surface area contributed by atoms with Crippen LogP contribution in [-0.2, 0) is 9.47 Å². The molecule has 3 fully saturated rings. The fourth-order valence-corrected chi connectivity index (χ4v) is 3.92. The van der Waals surface area contributed by atoms with Gasteiger partial charge in [0, 0.05) is 19.2 Å². The van der Waals surface area contributed by atoms with Crippen molar-refractivity contribution in [1.82, 2.24) is 5.32 Å². The van der Waals surface area contributed by atoms with Crippen molar-refractivity contribution in [3.63, 3.8) is 0 Å². The summed E-state index contributed by atoms with van der Waals surface area (Å²) >= 11 is 0. The summed E-state index contributed by atoms with van der Waals surface area (Å²) in [6.45, 7) is 9.89. The monoisotopic (exact) mass is 295 g/mol. The number of hydrogen-bond donors (Lipinski definition) is 1. The molecule has 1 heterocycles. The maximum atomic E-state index is 6.59. The molecule has 0 aromatic heterocycles. The van der Waals surface area contributed by atoms with Gasteiger partial charge in [0.05, 0.1) is 18.3 Å². The number of ether oxygens (including phenoxy) is 2. The van der Waals surface area contributed by atoms with Crippen molar-refractivity contribution >= 4 is 0 Å². The van der Waals surface area contributed by atoms with E-state index in [9.17, 15) is 0 Å². The Morgan fingerprint density at radius 3 is 2.33 bits per heavy atom. The molecule has 1 unspecified atom stereocenters. The van der Waals surface area contributed by atoms with Crippen LogP contribution in [0.2, 0.25) is 0 Å². The molecule has 3 heteroatoms. The topological polar surface area (TPSA) is 30.5 Å². The lowest BCUT2D eigenvalue weighted by atomic mass is 9.68. The Kier molecular flexibility index (Phi) is 4.63. The van der Waals surface area contributed by atoms with Gasteiger partial charge in [-0.15, -0.1) is 0 Å². The molecule has 0 aromatic rings. The Balaban J connectivity index is 1.59. The Hall–Kier alpha value is -0.120. The highest BCUT2D eigenvalue weighted by Crippen LogP contribution is 2.43. The van der Waals surface area contributed by atoms with E-state index < -0.39 is 0 Å². The van der Waals surface area contributed by atoms with E-state index in [1.54, 1.807) is 0 Å². The van der Waals surface area contributed by atoms with Crippen molar-refractivity contribution in [1.29, 1.82) is 0 Å². The molecule has 1 aliphatic heterocycles. The molecule has 122 valence electrons. The van der Waals surface area contributed by atoms with Gasteiger partial charge < -0.3 is 14.8 Å². The predicted molar refractivity (Wildman–Crippen MR) is 85.5 cm³/mol. The first-order chi connectivity index (χ1) is 9.97. The Bertz CT molecular complexity index is 332. The van der Waals surface area contributed by atoms with E-state index >= 15 is 0 Å². The van der Waals surface area contributed by atoms with E-state index in [1.165, 1.54) is 38.5 Å². The van der Waals surface area contributed by atoms with Gasteiger partial charge in [-0.25, -0.2) is 0 Å². The quantitative estimate of drug-likeness (QED) is 0.842. The Labute approximate surface area is 130 Å². The zero-order valence-electron chi connectivity index (χ0n) is 14.1. The summed E-state index contributed by atoms with van der Waals surface area (Å²) in [6, 6.07) is 0.769. The molecule has 0 radical (unpaired) electrons. The molecule has 0 aromatic carbocycles. The van der Waals surface area contributed by atoms with Crippen LogP contribution in [0.1, 0.15) is 65.7 Å². The van der Waals surface area contributed by atoms with Crippen LogP contribution in [0.5, 0.6) is 0 Å². The van der Waals surface area contributed by atoms with Crippen LogP contribution in [0.4, 0.5) is 0 Å². The molecule has 0 amide bonds. The second kappa shape index (κ2) is 6.17. The molecular formula is C18H33NO2. The molecule has 1 N–H and O–H groups in total. The van der Waals surface area contributed by atoms with Gasteiger partial charge in [-0.05, 0) is 56.3 Å². The highest BCUT2D eigenvalue weighted by atomic mass is 16.6. The highest BCUT2D eigenvalue weighted by Gasteiger charge is 2.42. The Morgan fingerprint density at radius 2 is 1.81 bits per heavy atom. The molecule has 2 saturated carbocycles. The van der Waals surface area contributed by atoms with Crippen molar-refractivity contribution in [3.05, 3.63) is 0 Å². The van der Waals surface area contributed by atoms with E-state index in [1.807, 2.05) is 0 Å². The molecule has 0 spiro atoms. The van der Waals surface area contributed by atoms with E-state index in [0.29, 0.717) is 11.5 Å². The molecule has 21 heavy (non-hydrogen) atoms. The second-order valence-corrected chi connectivity index (χ2v) is 8.58. The lowest BCUT2D eigenvalue weighted by Gasteiger charge is -2.45. The van der Waals surface area contributed by atoms with E-state index in [4.69, 9.17) is 9.47 Å². The van der Waals surface area contributed by atoms with Crippen LogP contribution in [0.15, 0.2) is 0 Å². The van der Waals surface area contributed by atoms with Crippen molar-refractivity contribution in [2.24, 2.45) is 11.3 Å². The van der Waals surface area contributed by atoms with E-state index in [-0.39, 0.29) is 5.60 Å². The van der Waals surface area contributed by atoms with Crippen LogP contribution >= 0.6 is 0 Å². The van der Waals surface area contributed by atoms with Gasteiger partial charge in [-0.1, -0.05) is 20.8 Å². The van der Waals surface area contributed by atoms with E-state index in [0.717, 1.165) is 38.1 Å². The molecular weight excluding hydrogens is 262 g/mol. The minimum Gasteiger partial charge on any atom is -0.379 e. The molecule has 2 aliphatic carbocycles. The predicted octanol–water partition coefficient (Wildman–Crippen LogP) is 3.52. The first-order valence-electron chi connectivity index (χ1n) is 8.96. The van der Waals surface area contributed by atoms with Gasteiger partial charge in [-0.3, -0.25) is 0 Å². The SMILES string of the molecule is CC(C)(C)C1CCC(CNC2CC2)(OC2CCOC2)CC1. The fourth-order valence-electron chi connectivity index (χ4n) is 3.92. The average Bonchev–Trinajstić information content (AvgIpc) is 3.13. The van der Waals surface area contributed by atoms with Crippen molar-refractivity contribution in [2.45, 2.75) is 83.5 Å². The second-order valence-electron chi connectivity index (χ2n) is 8.58. The van der Waals surface area contributed by atoms with Crippen molar-refractivity contribution in [3.8, 4) is 0 Å². The van der Waals surface area contributed by atoms with Crippen molar-refractivity contribution < 1.29 is 9.47 Å². The smallest absolute Gasteiger partial charge is 0.0838 e. The highest BCUT2D eigenvalue weighted by molar-refractivity contribution is 4.95. The molecule has 1 saturated heterocycles. The summed E-state index contributed by atoms with van der Waals surface area (Å²) in [4.78, 5) is 0. The third-order valence-corrected chi connectivity index (χ3v) is 5.72. The lowest BCUT2D eigenvalue weighted by Crippen LogP contribution is -2.49. The van der Waals surface area contributed by atoms with Crippen LogP contribution < -0.4 is 5.32 Å². The standard InChI is InChI=1S/C18H33NO2/c1-17(2,3)14-6-9-18(10-7-14,13-19-15-4-5-15)21-16-8-11-20-12-16/h14-16,19H,4-13H2,1-3H3. The first-order valence-corrected chi connectivity index (χ1v) is 8.96. The summed E-state index contributed by atoms with van der Waals surface area (Å²) in [5, 5.41) is 3.73. The van der Waals surface area contributed by atoms with Gasteiger partial charge in [0.2, 0.25) is 0 Å². The van der Waals surface area contributed by atoms with Crippen LogP contribution in [0, 0.1) is 11.3 Å². The normalized spacial score (nSPS) is 37.9. The molecule has 3 rings (SSSR count). The summed E-state index contributed by atoms with van der Waals surface area (Å²) < 4.78 is 12.1. The molecule has 3 nitrogen and oxygen atoms in total. The van der Waals surface area contributed by atoms with Crippen LogP contribution in [0.25, 0.3) is 0 Å². The lowest BCUT2D eigenvalue weighted by molar-refractivity contribution is -0.123. The Morgan fingerprint density at radius 1 is 1.10 bits per heavy atom. The first kappa shape index (κ1) is 15.8. The summed E-state index contributed by atoms with van der Waals surface area (Å²) in [6.07, 6.45) is 9.16. The number of hydrogen-bond acceptors (Lipinski definition) is 3. The zero-order valence-corrected chi connectivity index (χ0v) is 14.1. The third-order valence-electron chi connectivity index (χ3n) is 5.72. The van der Waals surface area contributed by atoms with E-state index in [2.05, 4.69) is 26.1 Å². The van der Waals surface area contributed by atoms with Crippen LogP contribution in [0.3, 0.4) is 0 Å². The average molecular weight is 295 g/mol. The fraction of sp³-hybridized carbons (Fsp3) is 1.00. The number of nitrogens with one attached hydrogen (secondary N) is 1. The van der Waals surface area contributed by atoms with Gasteiger partial charge in [-0.2, -0.15) is 0 Å². The van der Waals surface area contributed by atoms with Gasteiger partial charge in [0.25, 0.3) is 0 Å². The summed E-state index contributed by atoms with van der Waals surface area (Å²) in [5.74, 6) is 0.843. The van der Waals surface area contributed by atoms with Crippen molar-refractivity contribution in [2.75, 3.05) is 19.8 Å². The van der Waals surface area contributed by atoms with Crippen LogP contribution in [-0.4, -0.2) is 37.5 Å². The van der Waals surface area contributed by atoms with Gasteiger partial charge in [0.1, 0.15) is 0 Å². The molecule has 0 bridgehead atoms. The zero-order chi connectivity index (χ0) is 14.9. The third kappa shape index (κ3) is 4.20. The summed E-state index contributed by atoms with van der Waals surface area (Å²) in [5.41, 5.74) is 0.509.